The molecule has 0 aromatic heterocycles. The third-order valence-electron chi connectivity index (χ3n) is 7.03. The van der Waals surface area contributed by atoms with Gasteiger partial charge in [-0.15, -0.1) is 0 Å². The van der Waals surface area contributed by atoms with Crippen molar-refractivity contribution in [3.05, 3.63) is 12.2 Å². The number of carbonyl (C=O) groups is 2. The summed E-state index contributed by atoms with van der Waals surface area (Å²) in [6.07, 6.45) is 32.7. The first-order valence-electron chi connectivity index (χ1n) is 16.2. The Hall–Kier alpha value is -1.36. The zero-order valence-electron chi connectivity index (χ0n) is 25.2. The van der Waals surface area contributed by atoms with E-state index in [9.17, 15) is 14.7 Å². The van der Waals surface area contributed by atoms with Gasteiger partial charge in [0.25, 0.3) is 0 Å². The van der Waals surface area contributed by atoms with Gasteiger partial charge in [0, 0.05) is 12.8 Å². The molecule has 0 fully saturated rings. The van der Waals surface area contributed by atoms with Gasteiger partial charge < -0.3 is 14.6 Å². The molecule has 0 aromatic rings. The van der Waals surface area contributed by atoms with Crippen molar-refractivity contribution in [1.29, 1.82) is 0 Å². The number of esters is 2. The maximum absolute atomic E-state index is 11.9. The number of hydrogen-bond acceptors (Lipinski definition) is 5. The molecule has 5 heteroatoms. The van der Waals surface area contributed by atoms with E-state index in [4.69, 9.17) is 9.47 Å². The van der Waals surface area contributed by atoms with Crippen molar-refractivity contribution in [3.63, 3.8) is 0 Å². The molecule has 0 spiro atoms. The quantitative estimate of drug-likeness (QED) is 0.0583. The van der Waals surface area contributed by atoms with E-state index >= 15 is 0 Å². The average Bonchev–Trinajstić information content (AvgIpc) is 2.91. The monoisotopic (exact) mass is 538 g/mol. The number of rotatable bonds is 29. The van der Waals surface area contributed by atoms with Gasteiger partial charge in [0.05, 0.1) is 6.61 Å². The molecule has 0 heterocycles. The minimum absolute atomic E-state index is 0.0719. The second-order valence-electron chi connectivity index (χ2n) is 10.9. The summed E-state index contributed by atoms with van der Waals surface area (Å²) in [5.74, 6) is -0.649. The van der Waals surface area contributed by atoms with Crippen LogP contribution in [0.4, 0.5) is 0 Å². The number of hydrogen-bond donors (Lipinski definition) is 1. The molecule has 0 saturated heterocycles. The summed E-state index contributed by atoms with van der Waals surface area (Å²) in [7, 11) is 0. The standard InChI is InChI=1S/C33H62O5/c1-3-5-6-7-8-9-10-11-12-13-14-15-16-17-18-19-20-21-22-23-24-25-26-28-33(36)38-31(29-34)30-37-32(35)27-4-2/h13-14,31,34H,3-12,15-30H2,1-2H3/b14-13-. The molecule has 0 radical (unpaired) electrons. The molecular weight excluding hydrogens is 476 g/mol. The van der Waals surface area contributed by atoms with Gasteiger partial charge in [0.15, 0.2) is 6.10 Å². The van der Waals surface area contributed by atoms with E-state index in [1.165, 1.54) is 116 Å². The molecule has 5 nitrogen and oxygen atoms in total. The molecule has 1 N–H and O–H groups in total. The minimum Gasteiger partial charge on any atom is -0.462 e. The summed E-state index contributed by atoms with van der Waals surface area (Å²) < 4.78 is 10.2. The Balaban J connectivity index is 3.35. The number of ether oxygens (including phenoxy) is 2. The third-order valence-corrected chi connectivity index (χ3v) is 7.03. The largest absolute Gasteiger partial charge is 0.462 e. The van der Waals surface area contributed by atoms with Crippen LogP contribution in [0.1, 0.15) is 168 Å². The van der Waals surface area contributed by atoms with E-state index in [2.05, 4.69) is 19.1 Å². The lowest BCUT2D eigenvalue weighted by atomic mass is 10.0. The molecule has 0 bridgehead atoms. The van der Waals surface area contributed by atoms with Crippen molar-refractivity contribution in [1.82, 2.24) is 0 Å². The fraction of sp³-hybridized carbons (Fsp3) is 0.879. The average molecular weight is 539 g/mol. The number of unbranched alkanes of at least 4 members (excludes halogenated alkanes) is 19. The van der Waals surface area contributed by atoms with Crippen molar-refractivity contribution < 1.29 is 24.2 Å². The van der Waals surface area contributed by atoms with Crippen molar-refractivity contribution in [2.45, 2.75) is 174 Å². The van der Waals surface area contributed by atoms with Crippen molar-refractivity contribution in [2.75, 3.05) is 13.2 Å². The Morgan fingerprint density at radius 2 is 1.03 bits per heavy atom. The molecule has 1 unspecified atom stereocenters. The Kier molecular flexibility index (Phi) is 29.1. The summed E-state index contributed by atoms with van der Waals surface area (Å²) >= 11 is 0. The van der Waals surface area contributed by atoms with Gasteiger partial charge in [-0.3, -0.25) is 9.59 Å². The molecular formula is C33H62O5. The molecule has 38 heavy (non-hydrogen) atoms. The molecule has 0 aliphatic heterocycles. The molecule has 0 amide bonds. The lowest BCUT2D eigenvalue weighted by molar-refractivity contribution is -0.161. The highest BCUT2D eigenvalue weighted by molar-refractivity contribution is 5.70. The van der Waals surface area contributed by atoms with Crippen LogP contribution in [-0.4, -0.2) is 36.4 Å². The Morgan fingerprint density at radius 1 is 0.579 bits per heavy atom. The zero-order chi connectivity index (χ0) is 27.9. The van der Waals surface area contributed by atoms with Crippen LogP contribution in [0.15, 0.2) is 12.2 Å². The first-order valence-corrected chi connectivity index (χ1v) is 16.2. The summed E-state index contributed by atoms with van der Waals surface area (Å²) in [5.41, 5.74) is 0. The van der Waals surface area contributed by atoms with E-state index in [1.807, 2.05) is 6.92 Å². The highest BCUT2D eigenvalue weighted by Crippen LogP contribution is 2.14. The second-order valence-corrected chi connectivity index (χ2v) is 10.9. The predicted octanol–water partition coefficient (Wildman–Crippen LogP) is 9.39. The smallest absolute Gasteiger partial charge is 0.306 e. The van der Waals surface area contributed by atoms with E-state index in [0.29, 0.717) is 19.3 Å². The summed E-state index contributed by atoms with van der Waals surface area (Å²) in [6, 6.07) is 0. The molecule has 224 valence electrons. The van der Waals surface area contributed by atoms with Gasteiger partial charge in [0.1, 0.15) is 6.61 Å². The molecule has 0 aliphatic rings. The van der Waals surface area contributed by atoms with Gasteiger partial charge in [0.2, 0.25) is 0 Å². The van der Waals surface area contributed by atoms with Gasteiger partial charge >= 0.3 is 11.9 Å². The Labute approximate surface area is 235 Å². The highest BCUT2D eigenvalue weighted by Gasteiger charge is 2.15. The van der Waals surface area contributed by atoms with Crippen LogP contribution in [0.25, 0.3) is 0 Å². The molecule has 0 aromatic carbocycles. The van der Waals surface area contributed by atoms with Crippen LogP contribution in [0.3, 0.4) is 0 Å². The fourth-order valence-electron chi connectivity index (χ4n) is 4.59. The van der Waals surface area contributed by atoms with Crippen molar-refractivity contribution in [3.8, 4) is 0 Å². The lowest BCUT2D eigenvalue weighted by Crippen LogP contribution is -2.28. The summed E-state index contributed by atoms with van der Waals surface area (Å²) in [5, 5.41) is 9.30. The van der Waals surface area contributed by atoms with E-state index < -0.39 is 6.10 Å². The first-order chi connectivity index (χ1) is 18.6. The predicted molar refractivity (Wildman–Crippen MR) is 159 cm³/mol. The van der Waals surface area contributed by atoms with E-state index in [1.54, 1.807) is 0 Å². The number of aliphatic hydroxyl groups excluding tert-OH is 1. The molecule has 0 aliphatic carbocycles. The topological polar surface area (TPSA) is 72.8 Å². The maximum Gasteiger partial charge on any atom is 0.306 e. The number of carbonyl (C=O) groups excluding carboxylic acids is 2. The van der Waals surface area contributed by atoms with Gasteiger partial charge in [-0.2, -0.15) is 0 Å². The van der Waals surface area contributed by atoms with Crippen LogP contribution in [0, 0.1) is 0 Å². The van der Waals surface area contributed by atoms with Crippen LogP contribution < -0.4 is 0 Å². The van der Waals surface area contributed by atoms with Crippen LogP contribution in [-0.2, 0) is 19.1 Å². The minimum atomic E-state index is -0.760. The normalized spacial score (nSPS) is 12.2. The maximum atomic E-state index is 11.9. The van der Waals surface area contributed by atoms with Crippen molar-refractivity contribution >= 4 is 11.9 Å². The second kappa shape index (κ2) is 30.2. The van der Waals surface area contributed by atoms with E-state index in [0.717, 1.165) is 19.3 Å². The summed E-state index contributed by atoms with van der Waals surface area (Å²) in [4.78, 5) is 23.3. The SMILES string of the molecule is CCCCCCCCCC/C=C\CCCCCCCCCCCCCC(=O)OC(CO)COC(=O)CCC. The zero-order valence-corrected chi connectivity index (χ0v) is 25.2. The van der Waals surface area contributed by atoms with Crippen LogP contribution in [0.5, 0.6) is 0 Å². The van der Waals surface area contributed by atoms with Crippen LogP contribution in [0.2, 0.25) is 0 Å². The Bertz CT molecular complexity index is 546. The third kappa shape index (κ3) is 27.7. The van der Waals surface area contributed by atoms with Gasteiger partial charge in [-0.1, -0.05) is 129 Å². The number of aliphatic hydroxyl groups is 1. The fourth-order valence-corrected chi connectivity index (χ4v) is 4.59. The van der Waals surface area contributed by atoms with Gasteiger partial charge in [-0.05, 0) is 38.5 Å². The lowest BCUT2D eigenvalue weighted by Gasteiger charge is -2.15. The van der Waals surface area contributed by atoms with Crippen LogP contribution >= 0.6 is 0 Å². The first kappa shape index (κ1) is 36.6. The Morgan fingerprint density at radius 3 is 1.47 bits per heavy atom. The van der Waals surface area contributed by atoms with Gasteiger partial charge in [-0.25, -0.2) is 0 Å². The van der Waals surface area contributed by atoms with Crippen molar-refractivity contribution in [2.24, 2.45) is 0 Å². The molecule has 0 saturated carbocycles. The highest BCUT2D eigenvalue weighted by atomic mass is 16.6. The number of allylic oxidation sites excluding steroid dienone is 2. The molecule has 0 rings (SSSR count). The summed E-state index contributed by atoms with van der Waals surface area (Å²) in [6.45, 7) is 3.77. The van der Waals surface area contributed by atoms with E-state index in [-0.39, 0.29) is 25.2 Å². The molecule has 1 atom stereocenters.